The standard InChI is InChI=1S/C15H22N6O5S/c1-27(3-2-7(16)15(24)25)4-8-10(22)11(23)14(26-8)21-6-20-9-12(17)18-5-19-13(9)21/h5-8,10-11,14,22-23H,2-4,16H2,1H3,(H2-,17,18,19,24,25)/p+1/t7-,8+,10+,11+,14+,27?/m0/s1/i1D3. The minimum absolute atomic E-state index is 0.0149. The summed E-state index contributed by atoms with van der Waals surface area (Å²) in [5, 5.41) is 31.8. The topological polar surface area (TPSA) is 187 Å². The van der Waals surface area contributed by atoms with Crippen molar-refractivity contribution in [2.24, 2.45) is 0 Å². The number of nitrogens with two attached hydrogens (primary N) is 1. The lowest BCUT2D eigenvalue weighted by molar-refractivity contribution is -0.437. The third kappa shape index (κ3) is 3.99. The smallest absolute Gasteiger partial charge is 0.167 e. The average Bonchev–Trinajstić information content (AvgIpc) is 3.21. The average molecular weight is 402 g/mol. The van der Waals surface area contributed by atoms with Crippen LogP contribution in [0.25, 0.3) is 11.2 Å². The van der Waals surface area contributed by atoms with Crippen LogP contribution in [0.5, 0.6) is 0 Å². The number of carbonyl (C=O) groups excluding carboxylic acids is 1. The van der Waals surface area contributed by atoms with E-state index in [9.17, 15) is 20.1 Å². The van der Waals surface area contributed by atoms with Gasteiger partial charge in [0, 0.05) is 6.42 Å². The number of nitrogens with zero attached hydrogens (tertiary/aromatic N) is 4. The Morgan fingerprint density at radius 3 is 3.00 bits per heavy atom. The molecule has 1 unspecified atom stereocenters. The highest BCUT2D eigenvalue weighted by Crippen LogP contribution is 2.32. The molecule has 3 heterocycles. The van der Waals surface area contributed by atoms with E-state index in [0.717, 1.165) is 0 Å². The van der Waals surface area contributed by atoms with Gasteiger partial charge in [0.15, 0.2) is 17.7 Å². The minimum Gasteiger partial charge on any atom is -0.544 e. The molecule has 0 amide bonds. The Morgan fingerprint density at radius 1 is 1.52 bits per heavy atom. The van der Waals surface area contributed by atoms with Crippen LogP contribution in [-0.2, 0) is 20.4 Å². The number of ether oxygens (including phenoxy) is 1. The zero-order valence-electron chi connectivity index (χ0n) is 17.3. The van der Waals surface area contributed by atoms with Crippen LogP contribution in [0.1, 0.15) is 16.8 Å². The fourth-order valence-corrected chi connectivity index (χ4v) is 4.24. The van der Waals surface area contributed by atoms with Crippen LogP contribution in [0.4, 0.5) is 5.82 Å². The lowest BCUT2D eigenvalue weighted by Crippen LogP contribution is -2.68. The summed E-state index contributed by atoms with van der Waals surface area (Å²) >= 11 is 0. The van der Waals surface area contributed by atoms with Crippen LogP contribution in [0.3, 0.4) is 0 Å². The van der Waals surface area contributed by atoms with Crippen molar-refractivity contribution in [3.8, 4) is 0 Å². The molecule has 0 aliphatic carbocycles. The molecule has 0 radical (unpaired) electrons. The van der Waals surface area contributed by atoms with Gasteiger partial charge < -0.3 is 36.3 Å². The van der Waals surface area contributed by atoms with Gasteiger partial charge in [0.1, 0.15) is 47.7 Å². The maximum Gasteiger partial charge on any atom is 0.167 e. The number of nitrogen functional groups attached to an aromatic ring is 1. The van der Waals surface area contributed by atoms with Gasteiger partial charge in [0.25, 0.3) is 0 Å². The lowest BCUT2D eigenvalue weighted by atomic mass is 10.1. The molecule has 27 heavy (non-hydrogen) atoms. The Hall–Kier alpha value is -1.99. The van der Waals surface area contributed by atoms with Gasteiger partial charge >= 0.3 is 0 Å². The monoisotopic (exact) mass is 402 g/mol. The van der Waals surface area contributed by atoms with Crippen molar-refractivity contribution in [1.82, 2.24) is 19.5 Å². The number of imidazole rings is 1. The van der Waals surface area contributed by atoms with E-state index in [0.29, 0.717) is 11.2 Å². The summed E-state index contributed by atoms with van der Waals surface area (Å²) in [6, 6.07) is -1.04. The van der Waals surface area contributed by atoms with E-state index in [2.05, 4.69) is 20.7 Å². The van der Waals surface area contributed by atoms with Gasteiger partial charge in [-0.3, -0.25) is 4.57 Å². The summed E-state index contributed by atoms with van der Waals surface area (Å²) in [5.74, 6) is -1.26. The van der Waals surface area contributed by atoms with Crippen molar-refractivity contribution in [1.29, 1.82) is 0 Å². The molecule has 1 aliphatic heterocycles. The Morgan fingerprint density at radius 2 is 2.30 bits per heavy atom. The van der Waals surface area contributed by atoms with Gasteiger partial charge in [-0.1, -0.05) is 0 Å². The van der Waals surface area contributed by atoms with E-state index in [4.69, 9.17) is 14.6 Å². The first kappa shape index (κ1) is 16.0. The van der Waals surface area contributed by atoms with Crippen LogP contribution < -0.4 is 16.6 Å². The highest BCUT2D eigenvalue weighted by molar-refractivity contribution is 7.96. The zero-order valence-corrected chi connectivity index (χ0v) is 15.1. The number of aliphatic hydroxyl groups excluding tert-OH is 2. The Labute approximate surface area is 161 Å². The summed E-state index contributed by atoms with van der Waals surface area (Å²) in [4.78, 5) is 22.9. The fraction of sp³-hybridized carbons (Fsp3) is 0.600. The molecular formula is C15H23N6O5S+. The summed E-state index contributed by atoms with van der Waals surface area (Å²) in [5.41, 5.74) is 9.79. The Bertz CT molecular complexity index is 915. The number of carbonyl (C=O) groups is 1. The first-order chi connectivity index (χ1) is 14.0. The molecule has 11 nitrogen and oxygen atoms in total. The van der Waals surface area contributed by atoms with Gasteiger partial charge in [-0.25, -0.2) is 15.0 Å². The first-order valence-electron chi connectivity index (χ1n) is 9.67. The molecule has 7 N–H and O–H groups in total. The van der Waals surface area contributed by atoms with Gasteiger partial charge in [-0.2, -0.15) is 0 Å². The van der Waals surface area contributed by atoms with Crippen molar-refractivity contribution in [3.63, 3.8) is 0 Å². The van der Waals surface area contributed by atoms with E-state index in [-0.39, 0.29) is 23.7 Å². The minimum atomic E-state index is -2.39. The van der Waals surface area contributed by atoms with E-state index in [1.807, 2.05) is 0 Å². The van der Waals surface area contributed by atoms with Crippen molar-refractivity contribution in [2.45, 2.75) is 37.0 Å². The second-order valence-corrected chi connectivity index (χ2v) is 8.02. The summed E-state index contributed by atoms with van der Waals surface area (Å²) in [6.45, 7) is 0. The predicted molar refractivity (Wildman–Crippen MR) is 95.0 cm³/mol. The second-order valence-electron chi connectivity index (χ2n) is 6.30. The SMILES string of the molecule is [2H]C([2H])([2H])[S+](CC[C@H]([NH3+])C(=O)[O-])C[C@H]1O[C@@H](n2cnc3c(N)ncnc32)[C@H](O)[C@@H]1O. The Balaban J connectivity index is 1.77. The maximum absolute atomic E-state index is 10.9. The number of fused-ring (bicyclic) bond motifs is 1. The molecule has 148 valence electrons. The van der Waals surface area contributed by atoms with Crippen LogP contribution in [0.15, 0.2) is 12.7 Å². The van der Waals surface area contributed by atoms with Crippen LogP contribution in [-0.4, -0.2) is 77.7 Å². The van der Waals surface area contributed by atoms with Crippen molar-refractivity contribution in [3.05, 3.63) is 12.7 Å². The highest BCUT2D eigenvalue weighted by Gasteiger charge is 2.46. The van der Waals surface area contributed by atoms with Gasteiger partial charge in [-0.15, -0.1) is 0 Å². The van der Waals surface area contributed by atoms with E-state index in [1.165, 1.54) is 17.2 Å². The molecule has 0 bridgehead atoms. The molecule has 3 rings (SSSR count). The number of carboxylic acid groups (broad SMARTS) is 1. The largest absolute Gasteiger partial charge is 0.544 e. The molecular weight excluding hydrogens is 376 g/mol. The number of quaternary nitrogens is 1. The third-order valence-corrected chi connectivity index (χ3v) is 5.87. The molecule has 12 heteroatoms. The molecule has 0 spiro atoms. The number of aromatic nitrogens is 4. The first-order valence-corrected chi connectivity index (χ1v) is 9.73. The van der Waals surface area contributed by atoms with E-state index >= 15 is 0 Å². The number of hydrogen-bond donors (Lipinski definition) is 4. The molecule has 2 aromatic rings. The molecule has 1 saturated heterocycles. The number of anilines is 1. The Kier molecular flexibility index (Phi) is 4.71. The number of hydrogen-bond acceptors (Lipinski definition) is 9. The van der Waals surface area contributed by atoms with Crippen molar-refractivity contribution >= 4 is 33.8 Å². The highest BCUT2D eigenvalue weighted by atomic mass is 32.2. The van der Waals surface area contributed by atoms with Crippen LogP contribution in [0, 0.1) is 0 Å². The molecule has 1 aliphatic rings. The molecule has 0 aromatic carbocycles. The van der Waals surface area contributed by atoms with Gasteiger partial charge in [0.2, 0.25) is 0 Å². The van der Waals surface area contributed by atoms with Crippen molar-refractivity contribution in [2.75, 3.05) is 23.4 Å². The number of aliphatic hydroxyl groups is 2. The second kappa shape index (κ2) is 7.94. The van der Waals surface area contributed by atoms with E-state index < -0.39 is 53.6 Å². The van der Waals surface area contributed by atoms with Gasteiger partial charge in [-0.05, 0) is 10.9 Å². The summed E-state index contributed by atoms with van der Waals surface area (Å²) in [7, 11) is -1.29. The predicted octanol–water partition coefficient (Wildman–Crippen LogP) is -3.97. The molecule has 1 fully saturated rings. The number of aliphatic carboxylic acids is 1. The van der Waals surface area contributed by atoms with E-state index in [1.54, 1.807) is 0 Å². The molecule has 0 saturated carbocycles. The van der Waals surface area contributed by atoms with Crippen LogP contribution in [0.2, 0.25) is 0 Å². The normalized spacial score (nSPS) is 29.8. The number of rotatable bonds is 7. The summed E-state index contributed by atoms with van der Waals surface area (Å²) < 4.78 is 30.5. The third-order valence-electron chi connectivity index (χ3n) is 4.41. The van der Waals surface area contributed by atoms with Gasteiger partial charge in [0.05, 0.1) is 22.6 Å². The van der Waals surface area contributed by atoms with Crippen molar-refractivity contribution < 1.29 is 34.7 Å². The molecule has 2 aromatic heterocycles. The van der Waals surface area contributed by atoms with Crippen LogP contribution >= 0.6 is 0 Å². The lowest BCUT2D eigenvalue weighted by Gasteiger charge is -2.16. The number of carboxylic acids is 1. The maximum atomic E-state index is 10.9. The molecule has 6 atom stereocenters. The zero-order chi connectivity index (χ0) is 22.2. The fourth-order valence-electron chi connectivity index (χ4n) is 2.84. The summed E-state index contributed by atoms with van der Waals surface area (Å²) in [6.07, 6.45) is -4.58. The quantitative estimate of drug-likeness (QED) is 0.335.